The van der Waals surface area contributed by atoms with E-state index in [2.05, 4.69) is 10.3 Å². The van der Waals surface area contributed by atoms with Gasteiger partial charge in [0.05, 0.1) is 17.0 Å². The fraction of sp³-hybridized carbons (Fsp3) is 0.500. The molecule has 1 aliphatic heterocycles. The fourth-order valence-corrected chi connectivity index (χ4v) is 3.69. The van der Waals surface area contributed by atoms with Crippen molar-refractivity contribution in [1.29, 1.82) is 0 Å². The minimum absolute atomic E-state index is 0.0294. The zero-order chi connectivity index (χ0) is 11.6. The van der Waals surface area contributed by atoms with Gasteiger partial charge in [0, 0.05) is 22.9 Å². The van der Waals surface area contributed by atoms with Crippen LogP contribution in [0.3, 0.4) is 0 Å². The van der Waals surface area contributed by atoms with Crippen LogP contribution in [0.5, 0.6) is 0 Å². The second-order valence-corrected chi connectivity index (χ2v) is 6.70. The predicted molar refractivity (Wildman–Crippen MR) is 65.3 cm³/mol. The molecule has 6 heteroatoms. The second kappa shape index (κ2) is 4.65. The number of thiazole rings is 1. The molecule has 0 saturated carbocycles. The third-order valence-electron chi connectivity index (χ3n) is 2.53. The van der Waals surface area contributed by atoms with Gasteiger partial charge in [-0.1, -0.05) is 6.08 Å². The van der Waals surface area contributed by atoms with Crippen molar-refractivity contribution < 1.29 is 8.42 Å². The summed E-state index contributed by atoms with van der Waals surface area (Å²) in [5, 5.41) is 4.51. The number of hydrogen-bond donors (Lipinski definition) is 1. The van der Waals surface area contributed by atoms with E-state index in [-0.39, 0.29) is 11.8 Å². The monoisotopic (exact) mass is 258 g/mol. The molecule has 0 spiro atoms. The summed E-state index contributed by atoms with van der Waals surface area (Å²) in [5.41, 5.74) is 2.91. The first kappa shape index (κ1) is 11.8. The maximum Gasteiger partial charge on any atom is 0.173 e. The van der Waals surface area contributed by atoms with Crippen LogP contribution in [0.25, 0.3) is 0 Å². The van der Waals surface area contributed by atoms with E-state index in [1.165, 1.54) is 10.3 Å². The van der Waals surface area contributed by atoms with Crippen LogP contribution in [-0.4, -0.2) is 31.7 Å². The number of rotatable bonds is 4. The van der Waals surface area contributed by atoms with Crippen molar-refractivity contribution in [3.63, 3.8) is 0 Å². The van der Waals surface area contributed by atoms with E-state index in [1.807, 2.05) is 12.4 Å². The lowest BCUT2D eigenvalue weighted by atomic mass is 10.2. The number of nitrogens with one attached hydrogen (secondary N) is 1. The van der Waals surface area contributed by atoms with Crippen LogP contribution in [0.2, 0.25) is 0 Å². The number of hydrogen-bond acceptors (Lipinski definition) is 5. The van der Waals surface area contributed by atoms with Gasteiger partial charge in [0.2, 0.25) is 0 Å². The van der Waals surface area contributed by atoms with E-state index in [9.17, 15) is 8.42 Å². The van der Waals surface area contributed by atoms with Crippen molar-refractivity contribution in [1.82, 2.24) is 10.3 Å². The van der Waals surface area contributed by atoms with E-state index in [1.54, 1.807) is 17.4 Å². The first-order valence-corrected chi connectivity index (χ1v) is 7.70. The number of nitrogens with zero attached hydrogens (tertiary/aromatic N) is 1. The van der Waals surface area contributed by atoms with Gasteiger partial charge in [-0.15, -0.1) is 11.3 Å². The largest absolute Gasteiger partial charge is 0.309 e. The zero-order valence-corrected chi connectivity index (χ0v) is 10.6. The summed E-state index contributed by atoms with van der Waals surface area (Å²) in [6.07, 6.45) is 2.62. The van der Waals surface area contributed by atoms with Gasteiger partial charge in [0.1, 0.15) is 0 Å². The van der Waals surface area contributed by atoms with Crippen molar-refractivity contribution in [3.8, 4) is 0 Å². The quantitative estimate of drug-likeness (QED) is 0.871. The minimum atomic E-state index is -2.94. The Balaban J connectivity index is 1.78. The van der Waals surface area contributed by atoms with Gasteiger partial charge in [0.25, 0.3) is 0 Å². The SMILES string of the molecule is Cc1ncsc1CCNC1C=CS(=O)(=O)C1. The lowest BCUT2D eigenvalue weighted by Gasteiger charge is -2.08. The smallest absolute Gasteiger partial charge is 0.173 e. The average Bonchev–Trinajstić information content (AvgIpc) is 2.74. The minimum Gasteiger partial charge on any atom is -0.309 e. The molecular weight excluding hydrogens is 244 g/mol. The molecule has 0 fully saturated rings. The van der Waals surface area contributed by atoms with Gasteiger partial charge in [-0.05, 0) is 13.3 Å². The van der Waals surface area contributed by atoms with Gasteiger partial charge in [-0.25, -0.2) is 13.4 Å². The van der Waals surface area contributed by atoms with Crippen molar-refractivity contribution in [2.45, 2.75) is 19.4 Å². The van der Waals surface area contributed by atoms with E-state index >= 15 is 0 Å². The summed E-state index contributed by atoms with van der Waals surface area (Å²) in [6, 6.07) is -0.0294. The van der Waals surface area contributed by atoms with E-state index in [4.69, 9.17) is 0 Å². The molecule has 0 bridgehead atoms. The van der Waals surface area contributed by atoms with Crippen LogP contribution >= 0.6 is 11.3 Å². The third kappa shape index (κ3) is 2.90. The normalized spacial score (nSPS) is 22.7. The molecule has 1 unspecified atom stereocenters. The Morgan fingerprint density at radius 1 is 1.62 bits per heavy atom. The van der Waals surface area contributed by atoms with E-state index in [0.29, 0.717) is 0 Å². The topological polar surface area (TPSA) is 59.1 Å². The molecule has 88 valence electrons. The molecule has 0 saturated heterocycles. The Bertz CT molecular complexity index is 491. The molecule has 16 heavy (non-hydrogen) atoms. The standard InChI is InChI=1S/C10H14N2O2S2/c1-8-10(15-7-12-8)2-4-11-9-3-5-16(13,14)6-9/h3,5,7,9,11H,2,4,6H2,1H3. The Labute approximate surface area is 99.3 Å². The molecule has 1 aromatic heterocycles. The van der Waals surface area contributed by atoms with Crippen molar-refractivity contribution in [2.75, 3.05) is 12.3 Å². The molecule has 2 rings (SSSR count). The molecule has 1 atom stereocenters. The molecule has 0 amide bonds. The van der Waals surface area contributed by atoms with Gasteiger partial charge < -0.3 is 5.32 Å². The van der Waals surface area contributed by atoms with Crippen LogP contribution in [0.15, 0.2) is 17.0 Å². The molecule has 4 nitrogen and oxygen atoms in total. The van der Waals surface area contributed by atoms with E-state index in [0.717, 1.165) is 18.7 Å². The number of sulfone groups is 1. The zero-order valence-electron chi connectivity index (χ0n) is 9.01. The fourth-order valence-electron chi connectivity index (χ4n) is 1.64. The van der Waals surface area contributed by atoms with Crippen LogP contribution in [0.4, 0.5) is 0 Å². The molecular formula is C10H14N2O2S2. The maximum atomic E-state index is 11.2. The molecule has 1 N–H and O–H groups in total. The van der Waals surface area contributed by atoms with Crippen LogP contribution < -0.4 is 5.32 Å². The maximum absolute atomic E-state index is 11.2. The Kier molecular flexibility index (Phi) is 3.41. The summed E-state index contributed by atoms with van der Waals surface area (Å²) >= 11 is 1.64. The molecule has 1 aliphatic rings. The van der Waals surface area contributed by atoms with Crippen molar-refractivity contribution in [2.24, 2.45) is 0 Å². The predicted octanol–water partition coefficient (Wildman–Crippen LogP) is 0.894. The Hall–Kier alpha value is -0.720. The molecule has 0 aliphatic carbocycles. The van der Waals surface area contributed by atoms with Crippen LogP contribution in [0, 0.1) is 6.92 Å². The Morgan fingerprint density at radius 3 is 3.00 bits per heavy atom. The first-order chi connectivity index (χ1) is 7.57. The molecule has 0 radical (unpaired) electrons. The van der Waals surface area contributed by atoms with Crippen molar-refractivity contribution in [3.05, 3.63) is 27.6 Å². The third-order valence-corrected chi connectivity index (χ3v) is 4.92. The highest BCUT2D eigenvalue weighted by atomic mass is 32.2. The van der Waals surface area contributed by atoms with Gasteiger partial charge >= 0.3 is 0 Å². The van der Waals surface area contributed by atoms with Crippen molar-refractivity contribution >= 4 is 21.2 Å². The Morgan fingerprint density at radius 2 is 2.44 bits per heavy atom. The van der Waals surface area contributed by atoms with Gasteiger partial charge in [-0.3, -0.25) is 0 Å². The summed E-state index contributed by atoms with van der Waals surface area (Å²) in [6.45, 7) is 2.78. The molecule has 2 heterocycles. The van der Waals surface area contributed by atoms with Crippen LogP contribution in [0.1, 0.15) is 10.6 Å². The molecule has 0 aromatic carbocycles. The highest BCUT2D eigenvalue weighted by molar-refractivity contribution is 7.94. The van der Waals surface area contributed by atoms with Gasteiger partial charge in [-0.2, -0.15) is 0 Å². The average molecular weight is 258 g/mol. The molecule has 1 aromatic rings. The highest BCUT2D eigenvalue weighted by Gasteiger charge is 2.20. The van der Waals surface area contributed by atoms with E-state index < -0.39 is 9.84 Å². The summed E-state index contributed by atoms with van der Waals surface area (Å²) in [7, 11) is -2.94. The first-order valence-electron chi connectivity index (χ1n) is 5.10. The number of aryl methyl sites for hydroxylation is 1. The summed E-state index contributed by atoms with van der Waals surface area (Å²) in [5.74, 6) is 0.189. The lowest BCUT2D eigenvalue weighted by molar-refractivity contribution is 0.591. The summed E-state index contributed by atoms with van der Waals surface area (Å²) < 4.78 is 22.3. The van der Waals surface area contributed by atoms with Crippen LogP contribution in [-0.2, 0) is 16.3 Å². The lowest BCUT2D eigenvalue weighted by Crippen LogP contribution is -2.31. The summed E-state index contributed by atoms with van der Waals surface area (Å²) in [4.78, 5) is 5.43. The number of aromatic nitrogens is 1. The highest BCUT2D eigenvalue weighted by Crippen LogP contribution is 2.13. The van der Waals surface area contributed by atoms with Gasteiger partial charge in [0.15, 0.2) is 9.84 Å². The second-order valence-electron chi connectivity index (χ2n) is 3.83.